The summed E-state index contributed by atoms with van der Waals surface area (Å²) in [6.45, 7) is 3.21. The maximum atomic E-state index is 11.6. The summed E-state index contributed by atoms with van der Waals surface area (Å²) < 4.78 is 51.3. The molecule has 9 heteroatoms. The second kappa shape index (κ2) is 5.51. The second-order valence-electron chi connectivity index (χ2n) is 3.46. The molecule has 0 aliphatic heterocycles. The fraction of sp³-hybridized carbons (Fsp3) is 0.100. The molecule has 0 radical (unpaired) electrons. The minimum Gasteiger partial charge on any atom is -0.423 e. The van der Waals surface area contributed by atoms with Crippen LogP contribution in [0.4, 0.5) is 0 Å². The fourth-order valence-corrected chi connectivity index (χ4v) is 3.57. The summed E-state index contributed by atoms with van der Waals surface area (Å²) in [5.41, 5.74) is 0. The highest BCUT2D eigenvalue weighted by molar-refractivity contribution is 8.04. The second-order valence-corrected chi connectivity index (χ2v) is 7.14. The van der Waals surface area contributed by atoms with Gasteiger partial charge in [0.05, 0.1) is 11.2 Å². The van der Waals surface area contributed by atoms with Crippen LogP contribution in [0.3, 0.4) is 0 Å². The highest BCUT2D eigenvalue weighted by Gasteiger charge is 2.19. The minimum absolute atomic E-state index is 0.114. The molecule has 0 atom stereocenters. The average molecular weight is 305 g/mol. The van der Waals surface area contributed by atoms with Gasteiger partial charge in [0, 0.05) is 6.08 Å². The Morgan fingerprint density at radius 2 is 1.74 bits per heavy atom. The molecule has 0 bridgehead atoms. The molecule has 0 saturated carbocycles. The van der Waals surface area contributed by atoms with Gasteiger partial charge in [-0.05, 0) is 24.3 Å². The normalized spacial score (nSPS) is 11.8. The SMILES string of the molecule is C=CC(=O)Oc1ccc(S(=O)(=O)NS(C)(=O)=O)cc1. The zero-order valence-corrected chi connectivity index (χ0v) is 11.5. The van der Waals surface area contributed by atoms with Crippen LogP contribution >= 0.6 is 0 Å². The van der Waals surface area contributed by atoms with Crippen molar-refractivity contribution in [2.45, 2.75) is 4.90 Å². The molecule has 0 aliphatic carbocycles. The minimum atomic E-state index is -4.17. The van der Waals surface area contributed by atoms with Gasteiger partial charge in [-0.2, -0.15) is 0 Å². The Morgan fingerprint density at radius 3 is 2.16 bits per heavy atom. The van der Waals surface area contributed by atoms with Gasteiger partial charge < -0.3 is 4.74 Å². The molecule has 0 saturated heterocycles. The number of carbonyl (C=O) groups is 1. The number of hydrogen-bond acceptors (Lipinski definition) is 6. The highest BCUT2D eigenvalue weighted by Crippen LogP contribution is 2.16. The lowest BCUT2D eigenvalue weighted by atomic mass is 10.3. The Hall–Kier alpha value is -1.71. The lowest BCUT2D eigenvalue weighted by Crippen LogP contribution is -2.29. The predicted octanol–water partition coefficient (Wildman–Crippen LogP) is 0.0159. The van der Waals surface area contributed by atoms with Crippen LogP contribution in [0.1, 0.15) is 0 Å². The Kier molecular flexibility index (Phi) is 4.45. The molecule has 0 aliphatic rings. The van der Waals surface area contributed by atoms with Gasteiger partial charge in [0.1, 0.15) is 5.75 Å². The van der Waals surface area contributed by atoms with Crippen LogP contribution in [0.25, 0.3) is 0 Å². The van der Waals surface area contributed by atoms with Gasteiger partial charge in [-0.15, -0.1) is 4.13 Å². The van der Waals surface area contributed by atoms with Crippen LogP contribution in [-0.2, 0) is 24.8 Å². The van der Waals surface area contributed by atoms with E-state index >= 15 is 0 Å². The molecule has 104 valence electrons. The number of esters is 1. The van der Waals surface area contributed by atoms with Gasteiger partial charge in [-0.25, -0.2) is 21.6 Å². The zero-order chi connectivity index (χ0) is 14.7. The van der Waals surface area contributed by atoms with Gasteiger partial charge in [-0.3, -0.25) is 0 Å². The summed E-state index contributed by atoms with van der Waals surface area (Å²) in [7, 11) is -8.07. The monoisotopic (exact) mass is 305 g/mol. The summed E-state index contributed by atoms with van der Waals surface area (Å²) >= 11 is 0. The number of hydrogen-bond donors (Lipinski definition) is 1. The number of benzene rings is 1. The maximum absolute atomic E-state index is 11.6. The van der Waals surface area contributed by atoms with Gasteiger partial charge in [0.25, 0.3) is 10.0 Å². The topological polar surface area (TPSA) is 107 Å². The van der Waals surface area contributed by atoms with Crippen LogP contribution in [0.5, 0.6) is 5.75 Å². The van der Waals surface area contributed by atoms with Crippen molar-refractivity contribution in [3.05, 3.63) is 36.9 Å². The molecular weight excluding hydrogens is 294 g/mol. The van der Waals surface area contributed by atoms with Crippen molar-refractivity contribution in [3.63, 3.8) is 0 Å². The van der Waals surface area contributed by atoms with Gasteiger partial charge in [0.15, 0.2) is 0 Å². The summed E-state index contributed by atoms with van der Waals surface area (Å²) in [5.74, 6) is -0.576. The highest BCUT2D eigenvalue weighted by atomic mass is 32.3. The van der Waals surface area contributed by atoms with Crippen molar-refractivity contribution in [1.82, 2.24) is 4.13 Å². The summed E-state index contributed by atoms with van der Waals surface area (Å²) in [5, 5.41) is 0. The number of ether oxygens (including phenoxy) is 1. The lowest BCUT2D eigenvalue weighted by Gasteiger charge is -2.05. The van der Waals surface area contributed by atoms with Crippen LogP contribution in [-0.4, -0.2) is 29.1 Å². The molecule has 1 N–H and O–H groups in total. The maximum Gasteiger partial charge on any atom is 0.335 e. The number of nitrogens with one attached hydrogen (secondary N) is 1. The number of sulfonamides is 2. The summed E-state index contributed by atoms with van der Waals surface area (Å²) in [4.78, 5) is 10.6. The Bertz CT molecular complexity index is 688. The lowest BCUT2D eigenvalue weighted by molar-refractivity contribution is -0.128. The van der Waals surface area contributed by atoms with Crippen LogP contribution in [0.15, 0.2) is 41.8 Å². The van der Waals surface area contributed by atoms with Gasteiger partial charge in [-0.1, -0.05) is 6.58 Å². The molecule has 0 aromatic heterocycles. The van der Waals surface area contributed by atoms with E-state index in [4.69, 9.17) is 4.74 Å². The Morgan fingerprint density at radius 1 is 1.21 bits per heavy atom. The third-order valence-electron chi connectivity index (χ3n) is 1.78. The van der Waals surface area contributed by atoms with E-state index in [2.05, 4.69) is 6.58 Å². The first kappa shape index (κ1) is 15.3. The molecule has 0 heterocycles. The van der Waals surface area contributed by atoms with E-state index in [0.717, 1.165) is 24.5 Å². The quantitative estimate of drug-likeness (QED) is 0.467. The van der Waals surface area contributed by atoms with Crippen molar-refractivity contribution < 1.29 is 26.4 Å². The van der Waals surface area contributed by atoms with Crippen LogP contribution in [0.2, 0.25) is 0 Å². The van der Waals surface area contributed by atoms with Crippen molar-refractivity contribution in [2.75, 3.05) is 6.26 Å². The van der Waals surface area contributed by atoms with Crippen LogP contribution in [0, 0.1) is 0 Å². The van der Waals surface area contributed by atoms with E-state index in [1.807, 2.05) is 0 Å². The number of rotatable bonds is 5. The first-order valence-electron chi connectivity index (χ1n) is 4.82. The molecule has 19 heavy (non-hydrogen) atoms. The van der Waals surface area contributed by atoms with E-state index < -0.39 is 26.0 Å². The predicted molar refractivity (Wildman–Crippen MR) is 67.4 cm³/mol. The van der Waals surface area contributed by atoms with E-state index in [9.17, 15) is 21.6 Å². The smallest absolute Gasteiger partial charge is 0.335 e. The first-order chi connectivity index (χ1) is 8.64. The average Bonchev–Trinajstić information content (AvgIpc) is 2.26. The largest absolute Gasteiger partial charge is 0.423 e. The summed E-state index contributed by atoms with van der Waals surface area (Å²) in [6.07, 6.45) is 1.68. The third kappa shape index (κ3) is 4.81. The first-order valence-corrected chi connectivity index (χ1v) is 8.19. The molecule has 1 aromatic rings. The van der Waals surface area contributed by atoms with Gasteiger partial charge in [0.2, 0.25) is 10.0 Å². The van der Waals surface area contributed by atoms with E-state index in [1.165, 1.54) is 16.3 Å². The molecule has 7 nitrogen and oxygen atoms in total. The Balaban J connectivity index is 2.99. The van der Waals surface area contributed by atoms with E-state index in [1.54, 1.807) is 0 Å². The molecule has 0 fully saturated rings. The van der Waals surface area contributed by atoms with E-state index in [-0.39, 0.29) is 10.6 Å². The molecule has 1 rings (SSSR count). The van der Waals surface area contributed by atoms with Crippen molar-refractivity contribution in [2.24, 2.45) is 0 Å². The van der Waals surface area contributed by atoms with Crippen molar-refractivity contribution >= 4 is 26.0 Å². The molecule has 0 amide bonds. The van der Waals surface area contributed by atoms with E-state index in [0.29, 0.717) is 0 Å². The van der Waals surface area contributed by atoms with Gasteiger partial charge >= 0.3 is 5.97 Å². The molecule has 0 unspecified atom stereocenters. The fourth-order valence-electron chi connectivity index (χ4n) is 1.09. The molecule has 1 aromatic carbocycles. The third-order valence-corrected chi connectivity index (χ3v) is 4.76. The Labute approximate surface area is 111 Å². The zero-order valence-electron chi connectivity index (χ0n) is 9.86. The molecular formula is C10H11NO6S2. The van der Waals surface area contributed by atoms with Crippen molar-refractivity contribution in [3.8, 4) is 5.75 Å². The van der Waals surface area contributed by atoms with Crippen LogP contribution < -0.4 is 8.86 Å². The number of carbonyl (C=O) groups excluding carboxylic acids is 1. The summed E-state index contributed by atoms with van der Waals surface area (Å²) in [6, 6.07) is 4.66. The van der Waals surface area contributed by atoms with Crippen molar-refractivity contribution in [1.29, 1.82) is 0 Å². The standard InChI is InChI=1S/C10H11NO6S2/c1-3-10(12)17-8-4-6-9(7-5-8)19(15,16)11-18(2,13)14/h3-7,11H,1H2,2H3. The molecule has 0 spiro atoms.